The molecule has 0 aromatic heterocycles. The predicted octanol–water partition coefficient (Wildman–Crippen LogP) is 0.970. The Kier molecular flexibility index (Phi) is 5.13. The summed E-state index contributed by atoms with van der Waals surface area (Å²) in [7, 11) is -3.57. The van der Waals surface area contributed by atoms with Crippen LogP contribution >= 0.6 is 0 Å². The van der Waals surface area contributed by atoms with Gasteiger partial charge in [0, 0.05) is 18.8 Å². The first-order valence-electron chi connectivity index (χ1n) is 5.90. The van der Waals surface area contributed by atoms with Gasteiger partial charge in [0.2, 0.25) is 10.0 Å². The molecule has 1 rings (SSSR count). The zero-order valence-electron chi connectivity index (χ0n) is 10.8. The summed E-state index contributed by atoms with van der Waals surface area (Å²) in [6.45, 7) is 4.01. The Morgan fingerprint density at radius 3 is 2.50 bits per heavy atom. The van der Waals surface area contributed by atoms with Crippen LogP contribution in [0.15, 0.2) is 23.1 Å². The Morgan fingerprint density at radius 1 is 1.33 bits per heavy atom. The SMILES string of the molecule is CCCN(CCO)S(=O)(=O)c1ccc(C)c(N)c1. The van der Waals surface area contributed by atoms with Gasteiger partial charge in [0.25, 0.3) is 0 Å². The number of rotatable bonds is 6. The fraction of sp³-hybridized carbons (Fsp3) is 0.500. The Balaban J connectivity index is 3.13. The Morgan fingerprint density at radius 2 is 2.00 bits per heavy atom. The van der Waals surface area contributed by atoms with Crippen molar-refractivity contribution >= 4 is 15.7 Å². The summed E-state index contributed by atoms with van der Waals surface area (Å²) in [4.78, 5) is 0.174. The molecule has 0 aliphatic heterocycles. The molecule has 18 heavy (non-hydrogen) atoms. The van der Waals surface area contributed by atoms with E-state index in [0.717, 1.165) is 5.56 Å². The highest BCUT2D eigenvalue weighted by molar-refractivity contribution is 7.89. The van der Waals surface area contributed by atoms with Gasteiger partial charge >= 0.3 is 0 Å². The van der Waals surface area contributed by atoms with Gasteiger partial charge in [0.1, 0.15) is 0 Å². The second kappa shape index (κ2) is 6.17. The molecule has 0 aliphatic rings. The fourth-order valence-corrected chi connectivity index (χ4v) is 3.20. The van der Waals surface area contributed by atoms with E-state index in [1.807, 2.05) is 13.8 Å². The van der Waals surface area contributed by atoms with E-state index in [-0.39, 0.29) is 18.0 Å². The fourth-order valence-electron chi connectivity index (χ4n) is 1.64. The van der Waals surface area contributed by atoms with Crippen LogP contribution < -0.4 is 5.73 Å². The Hall–Kier alpha value is -1.11. The van der Waals surface area contributed by atoms with Gasteiger partial charge in [-0.3, -0.25) is 0 Å². The lowest BCUT2D eigenvalue weighted by Crippen LogP contribution is -2.34. The van der Waals surface area contributed by atoms with E-state index in [1.54, 1.807) is 12.1 Å². The second-order valence-corrected chi connectivity index (χ2v) is 6.08. The first kappa shape index (κ1) is 14.9. The molecule has 0 heterocycles. The number of nitrogen functional groups attached to an aromatic ring is 1. The van der Waals surface area contributed by atoms with Gasteiger partial charge in [0.15, 0.2) is 0 Å². The van der Waals surface area contributed by atoms with Crippen molar-refractivity contribution in [3.05, 3.63) is 23.8 Å². The zero-order chi connectivity index (χ0) is 13.8. The molecule has 0 saturated heterocycles. The third kappa shape index (κ3) is 3.22. The first-order valence-corrected chi connectivity index (χ1v) is 7.34. The van der Waals surface area contributed by atoms with Crippen molar-refractivity contribution in [3.8, 4) is 0 Å². The number of hydrogen-bond acceptors (Lipinski definition) is 4. The molecule has 0 atom stereocenters. The van der Waals surface area contributed by atoms with Gasteiger partial charge in [-0.05, 0) is 31.0 Å². The summed E-state index contributed by atoms with van der Waals surface area (Å²) >= 11 is 0. The molecule has 5 nitrogen and oxygen atoms in total. The highest BCUT2D eigenvalue weighted by Gasteiger charge is 2.23. The van der Waals surface area contributed by atoms with Gasteiger partial charge in [-0.25, -0.2) is 8.42 Å². The number of aryl methyl sites for hydroxylation is 1. The highest BCUT2D eigenvalue weighted by atomic mass is 32.2. The molecule has 3 N–H and O–H groups in total. The minimum absolute atomic E-state index is 0.101. The monoisotopic (exact) mass is 272 g/mol. The van der Waals surface area contributed by atoms with Crippen LogP contribution in [-0.4, -0.2) is 37.5 Å². The van der Waals surface area contributed by atoms with E-state index in [4.69, 9.17) is 10.8 Å². The first-order chi connectivity index (χ1) is 8.43. The number of nitrogens with zero attached hydrogens (tertiary/aromatic N) is 1. The van der Waals surface area contributed by atoms with Crippen LogP contribution in [0.3, 0.4) is 0 Å². The quantitative estimate of drug-likeness (QED) is 0.756. The smallest absolute Gasteiger partial charge is 0.243 e. The number of aliphatic hydroxyl groups excluding tert-OH is 1. The van der Waals surface area contributed by atoms with Crippen molar-refractivity contribution in [1.29, 1.82) is 0 Å². The lowest BCUT2D eigenvalue weighted by molar-refractivity contribution is 0.253. The maximum absolute atomic E-state index is 12.3. The predicted molar refractivity (Wildman–Crippen MR) is 71.7 cm³/mol. The van der Waals surface area contributed by atoms with Crippen molar-refractivity contribution in [2.75, 3.05) is 25.4 Å². The summed E-state index contributed by atoms with van der Waals surface area (Å²) in [5.41, 5.74) is 7.03. The van der Waals surface area contributed by atoms with Crippen LogP contribution in [0.4, 0.5) is 5.69 Å². The molecule has 0 bridgehead atoms. The zero-order valence-corrected chi connectivity index (χ0v) is 11.6. The molecule has 0 radical (unpaired) electrons. The largest absolute Gasteiger partial charge is 0.398 e. The van der Waals surface area contributed by atoms with Crippen molar-refractivity contribution < 1.29 is 13.5 Å². The van der Waals surface area contributed by atoms with Crippen LogP contribution in [0.25, 0.3) is 0 Å². The average Bonchev–Trinajstić information content (AvgIpc) is 2.32. The van der Waals surface area contributed by atoms with E-state index in [2.05, 4.69) is 0 Å². The van der Waals surface area contributed by atoms with Crippen molar-refractivity contribution in [3.63, 3.8) is 0 Å². The number of aliphatic hydroxyl groups is 1. The third-order valence-electron chi connectivity index (χ3n) is 2.71. The summed E-state index contributed by atoms with van der Waals surface area (Å²) < 4.78 is 25.9. The molecule has 6 heteroatoms. The highest BCUT2D eigenvalue weighted by Crippen LogP contribution is 2.20. The van der Waals surface area contributed by atoms with Crippen molar-refractivity contribution in [2.45, 2.75) is 25.2 Å². The molecule has 0 saturated carbocycles. The number of benzene rings is 1. The van der Waals surface area contributed by atoms with Crippen LogP contribution in [0.5, 0.6) is 0 Å². The van der Waals surface area contributed by atoms with E-state index in [9.17, 15) is 8.42 Å². The summed E-state index contributed by atoms with van der Waals surface area (Å²) in [5, 5.41) is 8.94. The van der Waals surface area contributed by atoms with E-state index in [1.165, 1.54) is 10.4 Å². The number of nitrogens with two attached hydrogens (primary N) is 1. The minimum atomic E-state index is -3.57. The molecular weight excluding hydrogens is 252 g/mol. The van der Waals surface area contributed by atoms with Crippen molar-refractivity contribution in [1.82, 2.24) is 4.31 Å². The molecule has 1 aromatic rings. The molecular formula is C12H20N2O3S. The number of anilines is 1. The number of sulfonamides is 1. The maximum Gasteiger partial charge on any atom is 0.243 e. The third-order valence-corrected chi connectivity index (χ3v) is 4.61. The molecule has 102 valence electrons. The normalized spacial score (nSPS) is 12.0. The minimum Gasteiger partial charge on any atom is -0.398 e. The topological polar surface area (TPSA) is 83.6 Å². The summed E-state index contributed by atoms with van der Waals surface area (Å²) in [6.07, 6.45) is 0.695. The van der Waals surface area contributed by atoms with E-state index >= 15 is 0 Å². The summed E-state index contributed by atoms with van der Waals surface area (Å²) in [5.74, 6) is 0. The molecule has 0 amide bonds. The molecule has 0 aliphatic carbocycles. The van der Waals surface area contributed by atoms with Crippen LogP contribution in [0.1, 0.15) is 18.9 Å². The van der Waals surface area contributed by atoms with Gasteiger partial charge < -0.3 is 10.8 Å². The van der Waals surface area contributed by atoms with Crippen LogP contribution in [0.2, 0.25) is 0 Å². The number of hydrogen-bond donors (Lipinski definition) is 2. The van der Waals surface area contributed by atoms with Gasteiger partial charge in [-0.1, -0.05) is 13.0 Å². The van der Waals surface area contributed by atoms with E-state index in [0.29, 0.717) is 18.7 Å². The lowest BCUT2D eigenvalue weighted by atomic mass is 10.2. The molecule has 0 fully saturated rings. The van der Waals surface area contributed by atoms with Crippen LogP contribution in [-0.2, 0) is 10.0 Å². The standard InChI is InChI=1S/C12H20N2O3S/c1-3-6-14(7-8-15)18(16,17)11-5-4-10(2)12(13)9-11/h4-5,9,15H,3,6-8,13H2,1-2H3. The van der Waals surface area contributed by atoms with Gasteiger partial charge in [0.05, 0.1) is 11.5 Å². The average molecular weight is 272 g/mol. The maximum atomic E-state index is 12.3. The van der Waals surface area contributed by atoms with Gasteiger partial charge in [-0.2, -0.15) is 4.31 Å². The Bertz CT molecular complexity index is 494. The van der Waals surface area contributed by atoms with Crippen molar-refractivity contribution in [2.24, 2.45) is 0 Å². The lowest BCUT2D eigenvalue weighted by Gasteiger charge is -2.21. The Labute approximate surface area is 108 Å². The molecule has 0 unspecified atom stereocenters. The van der Waals surface area contributed by atoms with Gasteiger partial charge in [-0.15, -0.1) is 0 Å². The van der Waals surface area contributed by atoms with Crippen LogP contribution in [0, 0.1) is 6.92 Å². The summed E-state index contributed by atoms with van der Waals surface area (Å²) in [6, 6.07) is 4.69. The van der Waals surface area contributed by atoms with E-state index < -0.39 is 10.0 Å². The second-order valence-electron chi connectivity index (χ2n) is 4.15. The molecule has 1 aromatic carbocycles. The molecule has 0 spiro atoms.